The Balaban J connectivity index is 1.29. The minimum atomic E-state index is -0.198. The number of fused-ring (bicyclic) bond motifs is 9. The van der Waals surface area contributed by atoms with E-state index in [1.54, 1.807) is 4.68 Å². The van der Waals surface area contributed by atoms with E-state index in [-0.39, 0.29) is 5.91 Å². The molecule has 1 saturated heterocycles. The first-order chi connectivity index (χ1) is 20.4. The van der Waals surface area contributed by atoms with Crippen LogP contribution in [0.5, 0.6) is 5.88 Å². The molecule has 2 aliphatic heterocycles. The van der Waals surface area contributed by atoms with Gasteiger partial charge in [-0.1, -0.05) is 0 Å². The van der Waals surface area contributed by atoms with Crippen LogP contribution < -0.4 is 20.3 Å². The highest BCUT2D eigenvalue weighted by molar-refractivity contribution is 6.05. The molecule has 0 spiro atoms. The third-order valence-electron chi connectivity index (χ3n) is 9.41. The molecule has 1 saturated carbocycles. The molecule has 0 unspecified atom stereocenters. The number of imidazole rings is 1. The molecule has 4 aromatic rings. The number of nitrogens with one attached hydrogen (secondary N) is 2. The lowest BCUT2D eigenvalue weighted by Gasteiger charge is -2.33. The number of anilines is 2. The number of pyridine rings is 1. The van der Waals surface area contributed by atoms with Crippen LogP contribution >= 0.6 is 0 Å². The van der Waals surface area contributed by atoms with Crippen LogP contribution in [-0.2, 0) is 13.6 Å². The van der Waals surface area contributed by atoms with Gasteiger partial charge in [-0.3, -0.25) is 15.1 Å². The number of piperidine rings is 1. The van der Waals surface area contributed by atoms with Gasteiger partial charge in [0.2, 0.25) is 11.8 Å². The van der Waals surface area contributed by atoms with Crippen LogP contribution in [-0.4, -0.2) is 63.0 Å². The number of hydrogen-bond donors (Lipinski definition) is 2. The molecule has 220 valence electrons. The quantitative estimate of drug-likeness (QED) is 0.362. The average Bonchev–Trinajstić information content (AvgIpc) is 3.66. The van der Waals surface area contributed by atoms with E-state index < -0.39 is 0 Å². The second kappa shape index (κ2) is 10.7. The van der Waals surface area contributed by atoms with E-state index in [1.807, 2.05) is 33.0 Å². The fourth-order valence-electron chi connectivity index (χ4n) is 7.16. The topological polar surface area (TPSA) is 102 Å². The average molecular weight is 569 g/mol. The van der Waals surface area contributed by atoms with Gasteiger partial charge in [-0.25, -0.2) is 9.67 Å². The molecule has 7 rings (SSSR count). The highest BCUT2D eigenvalue weighted by Gasteiger charge is 2.30. The predicted molar refractivity (Wildman–Crippen MR) is 164 cm³/mol. The van der Waals surface area contributed by atoms with Crippen LogP contribution in [0.3, 0.4) is 0 Å². The van der Waals surface area contributed by atoms with Gasteiger partial charge in [0.05, 0.1) is 34.6 Å². The molecular formula is C32H40N8O2. The van der Waals surface area contributed by atoms with E-state index in [1.165, 1.54) is 5.69 Å². The number of aryl methyl sites for hydroxylation is 3. The maximum atomic E-state index is 13.8. The summed E-state index contributed by atoms with van der Waals surface area (Å²) in [4.78, 5) is 26.0. The summed E-state index contributed by atoms with van der Waals surface area (Å²) in [5.74, 6) is 2.05. The van der Waals surface area contributed by atoms with E-state index in [0.29, 0.717) is 47.6 Å². The van der Waals surface area contributed by atoms with Crippen LogP contribution in [0.15, 0.2) is 30.3 Å². The Morgan fingerprint density at radius 2 is 1.83 bits per heavy atom. The summed E-state index contributed by atoms with van der Waals surface area (Å²) in [5, 5.41) is 11.2. The van der Waals surface area contributed by atoms with Crippen LogP contribution in [0, 0.1) is 25.7 Å². The summed E-state index contributed by atoms with van der Waals surface area (Å²) < 4.78 is 10.5. The van der Waals surface area contributed by atoms with Crippen molar-refractivity contribution >= 4 is 28.6 Å². The van der Waals surface area contributed by atoms with Gasteiger partial charge in [-0.05, 0) is 95.2 Å². The first-order valence-electron chi connectivity index (χ1n) is 15.3. The summed E-state index contributed by atoms with van der Waals surface area (Å²) in [6, 6.07) is 10.8. The van der Waals surface area contributed by atoms with Gasteiger partial charge in [0, 0.05) is 49.7 Å². The standard InChI is InChI=1S/C32H40N8O2/c1-19-13-23-15-27(34-19)29-20(2)37-38(4)31(29)42-18-22-6-5-21(14-22)17-40-28-16-25(39-11-9-24(33-3)10-12-39)7-8-26(28)35-32(40)36-30(23)41/h7-8,13,15-16,21-22,24,33H,5-6,9-12,14,17-18H2,1-4H3,(H,35,36,41)/t21-,22+/m1/s1. The normalized spacial score (nSPS) is 21.3. The summed E-state index contributed by atoms with van der Waals surface area (Å²) in [6.45, 7) is 7.38. The van der Waals surface area contributed by atoms with Crippen molar-refractivity contribution in [1.29, 1.82) is 0 Å². The van der Waals surface area contributed by atoms with Gasteiger partial charge in [-0.2, -0.15) is 5.10 Å². The fourth-order valence-corrected chi connectivity index (χ4v) is 7.16. The number of rotatable bonds is 2. The Bertz CT molecular complexity index is 1650. The minimum Gasteiger partial charge on any atom is -0.477 e. The maximum Gasteiger partial charge on any atom is 0.258 e. The Morgan fingerprint density at radius 1 is 1.02 bits per heavy atom. The van der Waals surface area contributed by atoms with Crippen molar-refractivity contribution in [2.45, 2.75) is 58.5 Å². The molecule has 2 atom stereocenters. The van der Waals surface area contributed by atoms with E-state index in [4.69, 9.17) is 14.7 Å². The summed E-state index contributed by atoms with van der Waals surface area (Å²) in [5.41, 5.74) is 6.86. The zero-order valence-corrected chi connectivity index (χ0v) is 25.0. The van der Waals surface area contributed by atoms with Crippen LogP contribution in [0.25, 0.3) is 22.3 Å². The van der Waals surface area contributed by atoms with E-state index in [2.05, 4.69) is 50.4 Å². The van der Waals surface area contributed by atoms with Gasteiger partial charge in [0.15, 0.2) is 0 Å². The molecule has 10 heteroatoms. The first-order valence-corrected chi connectivity index (χ1v) is 15.3. The number of carbonyl (C=O) groups excluding carboxylic acids is 1. The van der Waals surface area contributed by atoms with Crippen molar-refractivity contribution in [3.8, 4) is 17.1 Å². The summed E-state index contributed by atoms with van der Waals surface area (Å²) >= 11 is 0. The van der Waals surface area contributed by atoms with Crippen molar-refractivity contribution in [2.75, 3.05) is 37.0 Å². The largest absolute Gasteiger partial charge is 0.477 e. The van der Waals surface area contributed by atoms with Gasteiger partial charge in [0.1, 0.15) is 0 Å². The van der Waals surface area contributed by atoms with Crippen molar-refractivity contribution in [3.63, 3.8) is 0 Å². The molecule has 2 fully saturated rings. The molecule has 1 aromatic carbocycles. The van der Waals surface area contributed by atoms with Crippen molar-refractivity contribution < 1.29 is 9.53 Å². The SMILES string of the molecule is CNC1CCN(c2ccc3nc4n(c3c2)C[C@@H]2CC[C@H](COc3c(c(C)nn3C)-c3cc(cc(C)n3)C(=O)N4)C2)CC1. The zero-order chi connectivity index (χ0) is 29.0. The van der Waals surface area contributed by atoms with E-state index in [9.17, 15) is 4.79 Å². The van der Waals surface area contributed by atoms with Gasteiger partial charge < -0.3 is 19.5 Å². The number of nitrogens with zero attached hydrogens (tertiary/aromatic N) is 6. The predicted octanol–water partition coefficient (Wildman–Crippen LogP) is 4.70. The molecular weight excluding hydrogens is 528 g/mol. The number of aromatic nitrogens is 5. The number of amides is 1. The number of hydrogen-bond acceptors (Lipinski definition) is 7. The second-order valence-corrected chi connectivity index (χ2v) is 12.4. The van der Waals surface area contributed by atoms with Crippen molar-refractivity contribution in [3.05, 3.63) is 47.3 Å². The molecule has 10 nitrogen and oxygen atoms in total. The fraction of sp³-hybridized carbons (Fsp3) is 0.500. The lowest BCUT2D eigenvalue weighted by Crippen LogP contribution is -2.41. The van der Waals surface area contributed by atoms with Crippen LogP contribution in [0.2, 0.25) is 0 Å². The van der Waals surface area contributed by atoms with Gasteiger partial charge in [0.25, 0.3) is 5.91 Å². The summed E-state index contributed by atoms with van der Waals surface area (Å²) in [7, 11) is 3.96. The Hall–Kier alpha value is -3.92. The second-order valence-electron chi connectivity index (χ2n) is 12.4. The van der Waals surface area contributed by atoms with Crippen molar-refractivity contribution in [2.24, 2.45) is 18.9 Å². The lowest BCUT2D eigenvalue weighted by atomic mass is 10.0. The molecule has 42 heavy (non-hydrogen) atoms. The van der Waals surface area contributed by atoms with Crippen molar-refractivity contribution in [1.82, 2.24) is 29.6 Å². The zero-order valence-electron chi connectivity index (χ0n) is 25.0. The maximum absolute atomic E-state index is 13.8. The Kier molecular flexibility index (Phi) is 6.88. The number of carbonyl (C=O) groups is 1. The van der Waals surface area contributed by atoms with E-state index >= 15 is 0 Å². The molecule has 3 aliphatic rings. The molecule has 0 radical (unpaired) electrons. The third kappa shape index (κ3) is 4.91. The first kappa shape index (κ1) is 26.9. The number of benzene rings is 1. The van der Waals surface area contributed by atoms with Gasteiger partial charge >= 0.3 is 0 Å². The Labute approximate surface area is 246 Å². The molecule has 3 aromatic heterocycles. The molecule has 1 aliphatic carbocycles. The highest BCUT2D eigenvalue weighted by Crippen LogP contribution is 2.38. The molecule has 4 bridgehead atoms. The Morgan fingerprint density at radius 3 is 2.64 bits per heavy atom. The van der Waals surface area contributed by atoms with E-state index in [0.717, 1.165) is 79.7 Å². The van der Waals surface area contributed by atoms with Gasteiger partial charge in [-0.15, -0.1) is 0 Å². The highest BCUT2D eigenvalue weighted by atomic mass is 16.5. The van der Waals surface area contributed by atoms with Crippen LogP contribution in [0.4, 0.5) is 11.6 Å². The molecule has 1 amide bonds. The monoisotopic (exact) mass is 568 g/mol. The summed E-state index contributed by atoms with van der Waals surface area (Å²) in [6.07, 6.45) is 5.57. The third-order valence-corrected chi connectivity index (χ3v) is 9.41. The van der Waals surface area contributed by atoms with Crippen LogP contribution in [0.1, 0.15) is 53.8 Å². The smallest absolute Gasteiger partial charge is 0.258 e. The molecule has 2 N–H and O–H groups in total. The number of ether oxygens (including phenoxy) is 1. The minimum absolute atomic E-state index is 0.198. The molecule has 5 heterocycles. The lowest BCUT2D eigenvalue weighted by molar-refractivity contribution is 0.102.